The average molecular weight is 284 g/mol. The first-order valence-electron chi connectivity index (χ1n) is 5.33. The number of carbonyl (C=O) groups is 1. The molecule has 0 atom stereocenters. The Kier molecular flexibility index (Phi) is 3.43. The standard InChI is InChI=1S/C11H14BrN3O/c12-9-2-1-5-14-11(9)15-6-3-8(4-7-15)10(13)16/h1-2,5,8H,3-4,6-7H2,(H2,13,16). The normalized spacial score (nSPS) is 17.4. The number of carbonyl (C=O) groups excluding carboxylic acids is 1. The molecule has 1 fully saturated rings. The molecule has 5 heteroatoms. The van der Waals surface area contributed by atoms with Gasteiger partial charge in [-0.3, -0.25) is 4.79 Å². The van der Waals surface area contributed by atoms with Crippen molar-refractivity contribution in [1.29, 1.82) is 0 Å². The molecule has 0 aromatic carbocycles. The van der Waals surface area contributed by atoms with Gasteiger partial charge in [-0.15, -0.1) is 0 Å². The Hall–Kier alpha value is -1.10. The summed E-state index contributed by atoms with van der Waals surface area (Å²) in [6, 6.07) is 3.87. The molecule has 0 radical (unpaired) electrons. The molecule has 1 amide bonds. The molecule has 2 heterocycles. The number of hydrogen-bond donors (Lipinski definition) is 1. The van der Waals surface area contributed by atoms with E-state index in [2.05, 4.69) is 25.8 Å². The van der Waals surface area contributed by atoms with E-state index in [0.717, 1.165) is 36.2 Å². The number of amides is 1. The molecule has 1 aromatic rings. The lowest BCUT2D eigenvalue weighted by molar-refractivity contribution is -0.122. The molecular weight excluding hydrogens is 270 g/mol. The third-order valence-electron chi connectivity index (χ3n) is 2.94. The van der Waals surface area contributed by atoms with Crippen molar-refractivity contribution in [3.05, 3.63) is 22.8 Å². The number of aromatic nitrogens is 1. The summed E-state index contributed by atoms with van der Waals surface area (Å²) in [4.78, 5) is 17.6. The smallest absolute Gasteiger partial charge is 0.220 e. The van der Waals surface area contributed by atoms with Crippen LogP contribution in [0.3, 0.4) is 0 Å². The first-order valence-corrected chi connectivity index (χ1v) is 6.12. The van der Waals surface area contributed by atoms with E-state index in [1.807, 2.05) is 12.1 Å². The number of nitrogens with zero attached hydrogens (tertiary/aromatic N) is 2. The van der Waals surface area contributed by atoms with Gasteiger partial charge in [-0.25, -0.2) is 4.98 Å². The van der Waals surface area contributed by atoms with Crippen molar-refractivity contribution in [3.8, 4) is 0 Å². The molecule has 0 spiro atoms. The van der Waals surface area contributed by atoms with Crippen molar-refractivity contribution in [1.82, 2.24) is 4.98 Å². The van der Waals surface area contributed by atoms with Gasteiger partial charge in [0.1, 0.15) is 5.82 Å². The number of nitrogens with two attached hydrogens (primary N) is 1. The molecule has 0 bridgehead atoms. The molecule has 0 aliphatic carbocycles. The minimum Gasteiger partial charge on any atom is -0.369 e. The second kappa shape index (κ2) is 4.82. The van der Waals surface area contributed by atoms with E-state index in [1.54, 1.807) is 6.20 Å². The topological polar surface area (TPSA) is 59.2 Å². The van der Waals surface area contributed by atoms with Crippen LogP contribution in [0.1, 0.15) is 12.8 Å². The van der Waals surface area contributed by atoms with Crippen molar-refractivity contribution in [2.45, 2.75) is 12.8 Å². The van der Waals surface area contributed by atoms with E-state index in [9.17, 15) is 4.79 Å². The summed E-state index contributed by atoms with van der Waals surface area (Å²) in [5.41, 5.74) is 5.30. The molecule has 1 aliphatic rings. The number of pyridine rings is 1. The fourth-order valence-electron chi connectivity index (χ4n) is 1.99. The molecule has 86 valence electrons. The van der Waals surface area contributed by atoms with Crippen LogP contribution in [0.15, 0.2) is 22.8 Å². The SMILES string of the molecule is NC(=O)C1CCN(c2ncccc2Br)CC1. The minimum absolute atomic E-state index is 0.0266. The van der Waals surface area contributed by atoms with Crippen LogP contribution in [-0.2, 0) is 4.79 Å². The molecule has 2 rings (SSSR count). The van der Waals surface area contributed by atoms with Crippen LogP contribution in [-0.4, -0.2) is 24.0 Å². The predicted molar refractivity (Wildman–Crippen MR) is 66.1 cm³/mol. The maximum absolute atomic E-state index is 11.0. The molecule has 4 nitrogen and oxygen atoms in total. The van der Waals surface area contributed by atoms with Gasteiger partial charge in [-0.05, 0) is 40.9 Å². The number of hydrogen-bond acceptors (Lipinski definition) is 3. The summed E-state index contributed by atoms with van der Waals surface area (Å²) in [5.74, 6) is 0.795. The monoisotopic (exact) mass is 283 g/mol. The number of primary amides is 1. The first kappa shape index (κ1) is 11.4. The van der Waals surface area contributed by atoms with Crippen molar-refractivity contribution in [2.75, 3.05) is 18.0 Å². The maximum atomic E-state index is 11.0. The zero-order chi connectivity index (χ0) is 11.5. The van der Waals surface area contributed by atoms with Crippen LogP contribution < -0.4 is 10.6 Å². The van der Waals surface area contributed by atoms with Crippen LogP contribution >= 0.6 is 15.9 Å². The fraction of sp³-hybridized carbons (Fsp3) is 0.455. The highest BCUT2D eigenvalue weighted by Crippen LogP contribution is 2.27. The van der Waals surface area contributed by atoms with Crippen molar-refractivity contribution in [2.24, 2.45) is 11.7 Å². The Bertz CT molecular complexity index is 389. The van der Waals surface area contributed by atoms with Crippen LogP contribution in [0.2, 0.25) is 0 Å². The quantitative estimate of drug-likeness (QED) is 0.896. The zero-order valence-electron chi connectivity index (χ0n) is 8.90. The third-order valence-corrected chi connectivity index (χ3v) is 3.55. The molecule has 2 N–H and O–H groups in total. The summed E-state index contributed by atoms with van der Waals surface area (Å²) >= 11 is 3.48. The Labute approximate surface area is 103 Å². The average Bonchev–Trinajstić information content (AvgIpc) is 2.30. The van der Waals surface area contributed by atoms with Gasteiger partial charge in [0, 0.05) is 25.2 Å². The lowest BCUT2D eigenvalue weighted by Crippen LogP contribution is -2.39. The molecule has 1 saturated heterocycles. The second-order valence-corrected chi connectivity index (χ2v) is 4.83. The highest BCUT2D eigenvalue weighted by molar-refractivity contribution is 9.10. The van der Waals surface area contributed by atoms with Gasteiger partial charge in [0.2, 0.25) is 5.91 Å². The van der Waals surface area contributed by atoms with Crippen molar-refractivity contribution < 1.29 is 4.79 Å². The number of halogens is 1. The summed E-state index contributed by atoms with van der Waals surface area (Å²) in [6.45, 7) is 1.67. The van der Waals surface area contributed by atoms with Crippen LogP contribution in [0.25, 0.3) is 0 Å². The summed E-state index contributed by atoms with van der Waals surface area (Å²) in [5, 5.41) is 0. The Balaban J connectivity index is 2.05. The maximum Gasteiger partial charge on any atom is 0.220 e. The predicted octanol–water partition coefficient (Wildman–Crippen LogP) is 1.55. The lowest BCUT2D eigenvalue weighted by atomic mass is 9.96. The van der Waals surface area contributed by atoms with Crippen molar-refractivity contribution in [3.63, 3.8) is 0 Å². The Morgan fingerprint density at radius 3 is 2.75 bits per heavy atom. The van der Waals surface area contributed by atoms with Gasteiger partial charge in [-0.2, -0.15) is 0 Å². The minimum atomic E-state index is -0.181. The van der Waals surface area contributed by atoms with Crippen LogP contribution in [0.4, 0.5) is 5.82 Å². The molecule has 0 unspecified atom stereocenters. The van der Waals surface area contributed by atoms with Gasteiger partial charge in [0.05, 0.1) is 4.47 Å². The van der Waals surface area contributed by atoms with Gasteiger partial charge in [0.15, 0.2) is 0 Å². The van der Waals surface area contributed by atoms with Gasteiger partial charge < -0.3 is 10.6 Å². The van der Waals surface area contributed by atoms with Gasteiger partial charge in [-0.1, -0.05) is 0 Å². The van der Waals surface area contributed by atoms with E-state index >= 15 is 0 Å². The molecule has 16 heavy (non-hydrogen) atoms. The second-order valence-electron chi connectivity index (χ2n) is 3.97. The summed E-state index contributed by atoms with van der Waals surface area (Å²) < 4.78 is 0.993. The van der Waals surface area contributed by atoms with E-state index in [4.69, 9.17) is 5.73 Å². The number of piperidine rings is 1. The molecule has 1 aromatic heterocycles. The largest absolute Gasteiger partial charge is 0.369 e. The number of anilines is 1. The van der Waals surface area contributed by atoms with Gasteiger partial charge in [0.25, 0.3) is 0 Å². The summed E-state index contributed by atoms with van der Waals surface area (Å²) in [6.07, 6.45) is 3.41. The lowest BCUT2D eigenvalue weighted by Gasteiger charge is -2.31. The fourth-order valence-corrected chi connectivity index (χ4v) is 2.49. The van der Waals surface area contributed by atoms with E-state index in [-0.39, 0.29) is 11.8 Å². The highest BCUT2D eigenvalue weighted by atomic mass is 79.9. The molecular formula is C11H14BrN3O. The summed E-state index contributed by atoms with van der Waals surface area (Å²) in [7, 11) is 0. The van der Waals surface area contributed by atoms with Crippen LogP contribution in [0, 0.1) is 5.92 Å². The number of rotatable bonds is 2. The third kappa shape index (κ3) is 2.35. The van der Waals surface area contributed by atoms with E-state index < -0.39 is 0 Å². The molecule has 0 saturated carbocycles. The van der Waals surface area contributed by atoms with E-state index in [0.29, 0.717) is 0 Å². The first-order chi connectivity index (χ1) is 7.68. The zero-order valence-corrected chi connectivity index (χ0v) is 10.5. The van der Waals surface area contributed by atoms with E-state index in [1.165, 1.54) is 0 Å². The molecule has 1 aliphatic heterocycles. The highest BCUT2D eigenvalue weighted by Gasteiger charge is 2.24. The Morgan fingerprint density at radius 2 is 2.19 bits per heavy atom. The van der Waals surface area contributed by atoms with Crippen LogP contribution in [0.5, 0.6) is 0 Å². The Morgan fingerprint density at radius 1 is 1.50 bits per heavy atom. The van der Waals surface area contributed by atoms with Gasteiger partial charge >= 0.3 is 0 Å². The van der Waals surface area contributed by atoms with Crippen molar-refractivity contribution >= 4 is 27.7 Å².